The van der Waals surface area contributed by atoms with Gasteiger partial charge in [0, 0.05) is 22.0 Å². The first kappa shape index (κ1) is 20.1. The maximum atomic E-state index is 13.0. The van der Waals surface area contributed by atoms with E-state index < -0.39 is 0 Å². The first-order valence-electron chi connectivity index (χ1n) is 10.6. The lowest BCUT2D eigenvalue weighted by molar-refractivity contribution is 0.0745. The molecule has 0 saturated carbocycles. The highest BCUT2D eigenvalue weighted by molar-refractivity contribution is 6.04. The van der Waals surface area contributed by atoms with Crippen LogP contribution in [0.4, 0.5) is 5.82 Å². The monoisotopic (exact) mass is 427 g/mol. The van der Waals surface area contributed by atoms with Crippen molar-refractivity contribution in [3.8, 4) is 0 Å². The van der Waals surface area contributed by atoms with Crippen molar-refractivity contribution in [3.05, 3.63) is 82.7 Å². The van der Waals surface area contributed by atoms with Crippen LogP contribution in [0.5, 0.6) is 0 Å². The van der Waals surface area contributed by atoms with Crippen LogP contribution in [0.15, 0.2) is 54.6 Å². The zero-order valence-electron chi connectivity index (χ0n) is 18.3. The first-order valence-corrected chi connectivity index (χ1v) is 10.6. The van der Waals surface area contributed by atoms with Crippen molar-refractivity contribution >= 4 is 28.5 Å². The number of rotatable bonds is 3. The molecule has 0 radical (unpaired) electrons. The number of carbonyl (C=O) groups excluding carboxylic acids is 2. The molecule has 0 spiro atoms. The average molecular weight is 428 g/mol. The van der Waals surface area contributed by atoms with Crippen molar-refractivity contribution in [2.24, 2.45) is 0 Å². The van der Waals surface area contributed by atoms with Gasteiger partial charge in [0.15, 0.2) is 0 Å². The number of H-pyrrole nitrogens is 2. The number of amides is 2. The summed E-state index contributed by atoms with van der Waals surface area (Å²) in [7, 11) is 0. The Morgan fingerprint density at radius 3 is 2.50 bits per heavy atom. The van der Waals surface area contributed by atoms with E-state index in [1.54, 1.807) is 4.90 Å². The molecule has 0 saturated heterocycles. The van der Waals surface area contributed by atoms with Gasteiger partial charge < -0.3 is 15.2 Å². The number of nitrogens with one attached hydrogen (secondary N) is 3. The van der Waals surface area contributed by atoms with Crippen molar-refractivity contribution in [1.29, 1.82) is 0 Å². The highest BCUT2D eigenvalue weighted by Gasteiger charge is 2.30. The Morgan fingerprint density at radius 1 is 1.03 bits per heavy atom. The standard InChI is InChI=1S/C25H25N5O2/c1-25(2,3)17-10-8-15(9-11-17)23(31)27-22-18-13-30(14-21(18)28-29-22)24(32)20-12-16-6-4-5-7-19(16)26-20/h4-12,26H,13-14H2,1-3H3,(H2,27,28,29,31). The fraction of sp³-hybridized carbons (Fsp3) is 0.240. The number of para-hydroxylation sites is 1. The number of hydrogen-bond acceptors (Lipinski definition) is 3. The minimum absolute atomic E-state index is 0.0280. The van der Waals surface area contributed by atoms with Crippen LogP contribution in [0.2, 0.25) is 0 Å². The van der Waals surface area contributed by atoms with Crippen LogP contribution in [0.25, 0.3) is 10.9 Å². The average Bonchev–Trinajstić information content (AvgIpc) is 3.47. The lowest BCUT2D eigenvalue weighted by atomic mass is 9.87. The summed E-state index contributed by atoms with van der Waals surface area (Å²) in [5, 5.41) is 11.1. The second-order valence-electron chi connectivity index (χ2n) is 9.24. The summed E-state index contributed by atoms with van der Waals surface area (Å²) in [6.45, 7) is 7.20. The highest BCUT2D eigenvalue weighted by Crippen LogP contribution is 2.29. The third-order valence-corrected chi connectivity index (χ3v) is 5.94. The van der Waals surface area contributed by atoms with E-state index in [-0.39, 0.29) is 17.2 Å². The summed E-state index contributed by atoms with van der Waals surface area (Å²) in [5.41, 5.74) is 4.86. The molecule has 0 atom stereocenters. The van der Waals surface area contributed by atoms with E-state index in [4.69, 9.17) is 0 Å². The van der Waals surface area contributed by atoms with Crippen LogP contribution in [-0.4, -0.2) is 31.9 Å². The number of benzene rings is 2. The third kappa shape index (κ3) is 3.56. The number of nitrogens with zero attached hydrogens (tertiary/aromatic N) is 2. The van der Waals surface area contributed by atoms with Crippen molar-refractivity contribution in [2.45, 2.75) is 39.3 Å². The molecule has 32 heavy (non-hydrogen) atoms. The second-order valence-corrected chi connectivity index (χ2v) is 9.24. The normalized spacial score (nSPS) is 13.4. The lowest BCUT2D eigenvalue weighted by Gasteiger charge is -2.19. The van der Waals surface area contributed by atoms with Gasteiger partial charge in [0.2, 0.25) is 0 Å². The predicted molar refractivity (Wildman–Crippen MR) is 124 cm³/mol. The molecule has 2 aromatic carbocycles. The molecule has 0 unspecified atom stereocenters. The molecule has 7 heteroatoms. The molecule has 162 valence electrons. The van der Waals surface area contributed by atoms with Crippen molar-refractivity contribution < 1.29 is 9.59 Å². The first-order chi connectivity index (χ1) is 15.3. The molecule has 0 bridgehead atoms. The van der Waals surface area contributed by atoms with Gasteiger partial charge in [-0.2, -0.15) is 5.10 Å². The fourth-order valence-electron chi connectivity index (χ4n) is 4.04. The number of aromatic amines is 2. The van der Waals surface area contributed by atoms with Crippen LogP contribution < -0.4 is 5.32 Å². The summed E-state index contributed by atoms with van der Waals surface area (Å²) in [6.07, 6.45) is 0. The molecular formula is C25H25N5O2. The minimum Gasteiger partial charge on any atom is -0.351 e. The smallest absolute Gasteiger partial charge is 0.270 e. The van der Waals surface area contributed by atoms with Gasteiger partial charge in [0.1, 0.15) is 11.5 Å². The summed E-state index contributed by atoms with van der Waals surface area (Å²) in [4.78, 5) is 30.7. The van der Waals surface area contributed by atoms with E-state index in [0.717, 1.165) is 22.2 Å². The lowest BCUT2D eigenvalue weighted by Crippen LogP contribution is -2.26. The molecule has 2 amide bonds. The Morgan fingerprint density at radius 2 is 1.78 bits per heavy atom. The maximum absolute atomic E-state index is 13.0. The van der Waals surface area contributed by atoms with Gasteiger partial charge in [-0.25, -0.2) is 0 Å². The van der Waals surface area contributed by atoms with E-state index >= 15 is 0 Å². The zero-order valence-corrected chi connectivity index (χ0v) is 18.3. The van der Waals surface area contributed by atoms with Crippen molar-refractivity contribution in [1.82, 2.24) is 20.1 Å². The van der Waals surface area contributed by atoms with Gasteiger partial charge in [-0.05, 0) is 35.2 Å². The van der Waals surface area contributed by atoms with E-state index in [1.165, 1.54) is 5.56 Å². The summed E-state index contributed by atoms with van der Waals surface area (Å²) >= 11 is 0. The van der Waals surface area contributed by atoms with Gasteiger partial charge >= 0.3 is 0 Å². The summed E-state index contributed by atoms with van der Waals surface area (Å²) < 4.78 is 0. The molecule has 2 aromatic heterocycles. The topological polar surface area (TPSA) is 93.9 Å². The number of hydrogen-bond donors (Lipinski definition) is 3. The van der Waals surface area contributed by atoms with E-state index in [2.05, 4.69) is 41.3 Å². The van der Waals surface area contributed by atoms with E-state index in [1.807, 2.05) is 54.6 Å². The molecule has 0 fully saturated rings. The van der Waals surface area contributed by atoms with Crippen LogP contribution >= 0.6 is 0 Å². The molecular weight excluding hydrogens is 402 g/mol. The van der Waals surface area contributed by atoms with Crippen LogP contribution in [0.3, 0.4) is 0 Å². The Hall–Kier alpha value is -3.87. The van der Waals surface area contributed by atoms with Gasteiger partial charge in [0.05, 0.1) is 18.8 Å². The molecule has 1 aliphatic rings. The Bertz CT molecular complexity index is 1290. The van der Waals surface area contributed by atoms with E-state index in [9.17, 15) is 9.59 Å². The Labute approximate surface area is 185 Å². The SMILES string of the molecule is CC(C)(C)c1ccc(C(=O)Nc2[nH]nc3c2CN(C(=O)c2cc4ccccc4[nH]2)C3)cc1. The molecule has 5 rings (SSSR count). The molecule has 0 aliphatic carbocycles. The molecule has 3 heterocycles. The number of carbonyl (C=O) groups is 2. The van der Waals surface area contributed by atoms with Crippen LogP contribution in [0.1, 0.15) is 58.4 Å². The maximum Gasteiger partial charge on any atom is 0.270 e. The summed E-state index contributed by atoms with van der Waals surface area (Å²) in [6, 6.07) is 17.3. The van der Waals surface area contributed by atoms with E-state index in [0.29, 0.717) is 30.2 Å². The van der Waals surface area contributed by atoms with Gasteiger partial charge in [0.25, 0.3) is 11.8 Å². The van der Waals surface area contributed by atoms with Gasteiger partial charge in [-0.15, -0.1) is 0 Å². The highest BCUT2D eigenvalue weighted by atomic mass is 16.2. The second kappa shape index (κ2) is 7.37. The Balaban J connectivity index is 1.30. The third-order valence-electron chi connectivity index (χ3n) is 5.94. The zero-order chi connectivity index (χ0) is 22.5. The fourth-order valence-corrected chi connectivity index (χ4v) is 4.04. The number of anilines is 1. The largest absolute Gasteiger partial charge is 0.351 e. The minimum atomic E-state index is -0.211. The van der Waals surface area contributed by atoms with Gasteiger partial charge in [-0.3, -0.25) is 14.7 Å². The van der Waals surface area contributed by atoms with Crippen molar-refractivity contribution in [2.75, 3.05) is 5.32 Å². The quantitative estimate of drug-likeness (QED) is 0.446. The summed E-state index contributed by atoms with van der Waals surface area (Å²) in [5.74, 6) is 0.239. The van der Waals surface area contributed by atoms with Gasteiger partial charge in [-0.1, -0.05) is 51.1 Å². The van der Waals surface area contributed by atoms with Crippen LogP contribution in [-0.2, 0) is 18.5 Å². The predicted octanol–water partition coefficient (Wildman–Crippen LogP) is 4.60. The number of aromatic nitrogens is 3. The van der Waals surface area contributed by atoms with Crippen molar-refractivity contribution in [3.63, 3.8) is 0 Å². The Kier molecular flexibility index (Phi) is 4.62. The molecule has 1 aliphatic heterocycles. The number of fused-ring (bicyclic) bond motifs is 2. The van der Waals surface area contributed by atoms with Crippen LogP contribution in [0, 0.1) is 0 Å². The molecule has 3 N–H and O–H groups in total. The molecule has 7 nitrogen and oxygen atoms in total. The molecule has 4 aromatic rings.